The molecule has 0 aliphatic carbocycles. The van der Waals surface area contributed by atoms with Crippen LogP contribution in [0.15, 0.2) is 54.6 Å². The van der Waals surface area contributed by atoms with Crippen molar-refractivity contribution < 1.29 is 24.5 Å². The van der Waals surface area contributed by atoms with Crippen molar-refractivity contribution in [3.8, 4) is 5.75 Å². The molecule has 2 N–H and O–H groups in total. The third-order valence-corrected chi connectivity index (χ3v) is 3.89. The van der Waals surface area contributed by atoms with Gasteiger partial charge < -0.3 is 14.9 Å². The van der Waals surface area contributed by atoms with Crippen LogP contribution in [0.5, 0.6) is 5.75 Å². The Bertz CT molecular complexity index is 621. The highest BCUT2D eigenvalue weighted by Crippen LogP contribution is 2.25. The fourth-order valence-corrected chi connectivity index (χ4v) is 2.03. The van der Waals surface area contributed by atoms with E-state index in [0.717, 1.165) is 23.8 Å². The highest BCUT2D eigenvalue weighted by Gasteiger charge is 2.15. The Labute approximate surface area is 148 Å². The Morgan fingerprint density at radius 1 is 1.04 bits per heavy atom. The van der Waals surface area contributed by atoms with Crippen molar-refractivity contribution in [2.45, 2.75) is 17.5 Å². The molecule has 2 aromatic carbocycles. The number of aliphatic carboxylic acids is 2. The van der Waals surface area contributed by atoms with Gasteiger partial charge in [-0.15, -0.1) is 0 Å². The summed E-state index contributed by atoms with van der Waals surface area (Å²) in [7, 11) is 0. The summed E-state index contributed by atoms with van der Waals surface area (Å²) in [5, 5.41) is 16.3. The second-order valence-electron chi connectivity index (χ2n) is 4.56. The smallest absolute Gasteiger partial charge is 0.320 e. The molecule has 0 heterocycles. The van der Waals surface area contributed by atoms with E-state index in [0.29, 0.717) is 6.61 Å². The van der Waals surface area contributed by atoms with Crippen molar-refractivity contribution in [3.05, 3.63) is 65.7 Å². The number of alkyl halides is 1. The van der Waals surface area contributed by atoms with Crippen molar-refractivity contribution in [3.63, 3.8) is 0 Å². The molecule has 5 nitrogen and oxygen atoms in total. The number of hydrogen-bond donors (Lipinski definition) is 2. The van der Waals surface area contributed by atoms with Crippen LogP contribution in [0.2, 0.25) is 0 Å². The third-order valence-electron chi connectivity index (χ3n) is 2.64. The molecular formula is C17H17IO5. The van der Waals surface area contributed by atoms with Gasteiger partial charge in [-0.25, -0.2) is 0 Å². The Balaban J connectivity index is 0.000000593. The summed E-state index contributed by atoms with van der Waals surface area (Å²) in [4.78, 5) is 19.9. The summed E-state index contributed by atoms with van der Waals surface area (Å²) < 4.78 is 5.11. The van der Waals surface area contributed by atoms with Gasteiger partial charge in [-0.3, -0.25) is 9.59 Å². The minimum Gasteiger partial charge on any atom is -0.489 e. The van der Waals surface area contributed by atoms with E-state index in [2.05, 4.69) is 0 Å². The third kappa shape index (κ3) is 7.64. The molecule has 0 amide bonds. The number of halogens is 1. The topological polar surface area (TPSA) is 83.8 Å². The maximum Gasteiger partial charge on any atom is 0.320 e. The van der Waals surface area contributed by atoms with Gasteiger partial charge in [0.25, 0.3) is 5.97 Å². The standard InChI is InChI=1S/C15H13IO3.C2H4O2/c16-14(15(17)18)12-6-8-13(9-7-12)19-10-11-4-2-1-3-5-11;1-2(3)4/h1-9,14H,10H2,(H,17,18);1H3,(H,3,4). The molecule has 1 atom stereocenters. The Morgan fingerprint density at radius 3 is 2.04 bits per heavy atom. The average molecular weight is 428 g/mol. The molecule has 2 rings (SSSR count). The molecule has 0 spiro atoms. The SMILES string of the molecule is CC(=O)O.O=C(O)C(I)c1ccc(OCc2ccccc2)cc1. The largest absolute Gasteiger partial charge is 0.489 e. The maximum atomic E-state index is 10.9. The lowest BCUT2D eigenvalue weighted by atomic mass is 10.1. The average Bonchev–Trinajstić information content (AvgIpc) is 2.53. The molecule has 0 saturated heterocycles. The van der Waals surface area contributed by atoms with Crippen molar-refractivity contribution in [1.29, 1.82) is 0 Å². The van der Waals surface area contributed by atoms with Crippen LogP contribution in [0, 0.1) is 0 Å². The van der Waals surface area contributed by atoms with Crippen LogP contribution >= 0.6 is 22.6 Å². The predicted octanol–water partition coefficient (Wildman–Crippen LogP) is 3.92. The first kappa shape index (κ1) is 19.0. The Hall–Kier alpha value is -2.09. The summed E-state index contributed by atoms with van der Waals surface area (Å²) >= 11 is 1.90. The monoisotopic (exact) mass is 428 g/mol. The molecule has 23 heavy (non-hydrogen) atoms. The van der Waals surface area contributed by atoms with Crippen molar-refractivity contribution >= 4 is 34.5 Å². The number of ether oxygens (including phenoxy) is 1. The van der Waals surface area contributed by atoms with Crippen LogP contribution < -0.4 is 4.74 Å². The quantitative estimate of drug-likeness (QED) is 0.557. The second kappa shape index (κ2) is 9.83. The van der Waals surface area contributed by atoms with Crippen molar-refractivity contribution in [2.75, 3.05) is 0 Å². The van der Waals surface area contributed by atoms with E-state index < -0.39 is 15.9 Å². The van der Waals surface area contributed by atoms with E-state index in [9.17, 15) is 4.79 Å². The van der Waals surface area contributed by atoms with Crippen LogP contribution in [0.1, 0.15) is 22.0 Å². The first-order valence-electron chi connectivity index (χ1n) is 6.73. The summed E-state index contributed by atoms with van der Waals surface area (Å²) in [6.45, 7) is 1.59. The van der Waals surface area contributed by atoms with Crippen LogP contribution in [-0.4, -0.2) is 22.2 Å². The number of rotatable bonds is 5. The van der Waals surface area contributed by atoms with Crippen LogP contribution in [0.4, 0.5) is 0 Å². The fraction of sp³-hybridized carbons (Fsp3) is 0.176. The van der Waals surface area contributed by atoms with Gasteiger partial charge in [0, 0.05) is 6.92 Å². The molecule has 1 unspecified atom stereocenters. The summed E-state index contributed by atoms with van der Waals surface area (Å²) in [6.07, 6.45) is 0. The van der Waals surface area contributed by atoms with E-state index in [1.54, 1.807) is 24.3 Å². The highest BCUT2D eigenvalue weighted by molar-refractivity contribution is 14.1. The minimum atomic E-state index is -0.835. The lowest BCUT2D eigenvalue weighted by molar-refractivity contribution is -0.136. The molecule has 0 aliphatic heterocycles. The first-order chi connectivity index (χ1) is 10.9. The van der Waals surface area contributed by atoms with Crippen molar-refractivity contribution in [1.82, 2.24) is 0 Å². The number of hydrogen-bond acceptors (Lipinski definition) is 3. The Kier molecular flexibility index (Phi) is 8.10. The van der Waals surface area contributed by atoms with Crippen LogP contribution in [0.3, 0.4) is 0 Å². The minimum absolute atomic E-state index is 0.507. The Morgan fingerprint density at radius 2 is 1.57 bits per heavy atom. The second-order valence-corrected chi connectivity index (χ2v) is 5.81. The number of carboxylic acid groups (broad SMARTS) is 2. The van der Waals surface area contributed by atoms with Gasteiger partial charge in [-0.05, 0) is 23.3 Å². The molecular weight excluding hydrogens is 411 g/mol. The number of benzene rings is 2. The van der Waals surface area contributed by atoms with E-state index >= 15 is 0 Å². The molecule has 0 saturated carbocycles. The van der Waals surface area contributed by atoms with Gasteiger partial charge in [0.2, 0.25) is 0 Å². The lowest BCUT2D eigenvalue weighted by Crippen LogP contribution is -2.04. The van der Waals surface area contributed by atoms with E-state index in [1.807, 2.05) is 52.9 Å². The predicted molar refractivity (Wildman–Crippen MR) is 94.9 cm³/mol. The zero-order chi connectivity index (χ0) is 17.2. The maximum absolute atomic E-state index is 10.9. The summed E-state index contributed by atoms with van der Waals surface area (Å²) in [5.41, 5.74) is 1.86. The first-order valence-corrected chi connectivity index (χ1v) is 7.98. The van der Waals surface area contributed by atoms with E-state index in [4.69, 9.17) is 19.7 Å². The van der Waals surface area contributed by atoms with Crippen molar-refractivity contribution in [2.24, 2.45) is 0 Å². The molecule has 0 fully saturated rings. The molecule has 2 aromatic rings. The molecule has 0 bridgehead atoms. The van der Waals surface area contributed by atoms with Gasteiger partial charge >= 0.3 is 5.97 Å². The zero-order valence-corrected chi connectivity index (χ0v) is 14.6. The molecule has 0 radical (unpaired) electrons. The van der Waals surface area contributed by atoms with Gasteiger partial charge in [0.15, 0.2) is 0 Å². The van der Waals surface area contributed by atoms with E-state index in [-0.39, 0.29) is 0 Å². The molecule has 0 aromatic heterocycles. The number of carbonyl (C=O) groups is 2. The van der Waals surface area contributed by atoms with Crippen LogP contribution in [-0.2, 0) is 16.2 Å². The molecule has 0 aliphatic rings. The fourth-order valence-electron chi connectivity index (χ4n) is 1.62. The van der Waals surface area contributed by atoms with Gasteiger partial charge in [0.05, 0.1) is 0 Å². The lowest BCUT2D eigenvalue weighted by Gasteiger charge is -2.08. The highest BCUT2D eigenvalue weighted by atomic mass is 127. The van der Waals surface area contributed by atoms with E-state index in [1.165, 1.54) is 0 Å². The zero-order valence-electron chi connectivity index (χ0n) is 12.5. The van der Waals surface area contributed by atoms with Gasteiger partial charge in [0.1, 0.15) is 16.3 Å². The van der Waals surface area contributed by atoms with Gasteiger partial charge in [-0.2, -0.15) is 0 Å². The molecule has 6 heteroatoms. The molecule has 122 valence electrons. The summed E-state index contributed by atoms with van der Waals surface area (Å²) in [5.74, 6) is -0.930. The normalized spacial score (nSPS) is 10.9. The van der Waals surface area contributed by atoms with Crippen LogP contribution in [0.25, 0.3) is 0 Å². The summed E-state index contributed by atoms with van der Waals surface area (Å²) in [6, 6.07) is 17.1. The van der Waals surface area contributed by atoms with Gasteiger partial charge in [-0.1, -0.05) is 65.1 Å². The number of carboxylic acids is 2.